The van der Waals surface area contributed by atoms with Crippen molar-refractivity contribution in [1.29, 1.82) is 0 Å². The van der Waals surface area contributed by atoms with Gasteiger partial charge in [-0.2, -0.15) is 13.2 Å². The summed E-state index contributed by atoms with van der Waals surface area (Å²) in [5, 5.41) is 4.65. The van der Waals surface area contributed by atoms with E-state index in [2.05, 4.69) is 10.6 Å². The quantitative estimate of drug-likeness (QED) is 0.510. The molecule has 9 heteroatoms. The molecular formula is C22H19F3N2O4. The third-order valence-corrected chi connectivity index (χ3v) is 4.18. The first kappa shape index (κ1) is 21.9. The van der Waals surface area contributed by atoms with Gasteiger partial charge in [0.15, 0.2) is 0 Å². The minimum absolute atomic E-state index is 0.0773. The lowest BCUT2D eigenvalue weighted by atomic mass is 10.1. The monoisotopic (exact) mass is 432 g/mol. The molecular weight excluding hydrogens is 413 g/mol. The first-order chi connectivity index (χ1) is 14.8. The SMILES string of the molecule is CCCOc1cccc(C(=O)Nc2ccc(NC(=O)c3ccoc3)cc2C(F)(F)F)c1. The number of furan rings is 1. The predicted molar refractivity (Wildman–Crippen MR) is 108 cm³/mol. The van der Waals surface area contributed by atoms with Gasteiger partial charge in [0.2, 0.25) is 0 Å². The smallest absolute Gasteiger partial charge is 0.418 e. The molecule has 0 fully saturated rings. The zero-order valence-electron chi connectivity index (χ0n) is 16.5. The lowest BCUT2D eigenvalue weighted by Gasteiger charge is -2.16. The summed E-state index contributed by atoms with van der Waals surface area (Å²) in [5.41, 5.74) is -1.29. The number of hydrogen-bond donors (Lipinski definition) is 2. The maximum Gasteiger partial charge on any atom is 0.418 e. The third-order valence-electron chi connectivity index (χ3n) is 4.18. The van der Waals surface area contributed by atoms with Crippen LogP contribution in [0.2, 0.25) is 0 Å². The minimum Gasteiger partial charge on any atom is -0.494 e. The van der Waals surface area contributed by atoms with Crippen molar-refractivity contribution in [2.45, 2.75) is 19.5 Å². The molecule has 2 aromatic carbocycles. The van der Waals surface area contributed by atoms with E-state index < -0.39 is 29.2 Å². The number of amides is 2. The molecule has 2 amide bonds. The van der Waals surface area contributed by atoms with Crippen LogP contribution in [0.5, 0.6) is 5.75 Å². The van der Waals surface area contributed by atoms with Gasteiger partial charge in [-0.25, -0.2) is 0 Å². The van der Waals surface area contributed by atoms with Gasteiger partial charge >= 0.3 is 6.18 Å². The van der Waals surface area contributed by atoms with Crippen molar-refractivity contribution >= 4 is 23.2 Å². The number of hydrogen-bond acceptors (Lipinski definition) is 4. The highest BCUT2D eigenvalue weighted by Crippen LogP contribution is 2.37. The van der Waals surface area contributed by atoms with Gasteiger partial charge in [-0.1, -0.05) is 13.0 Å². The molecule has 1 aromatic heterocycles. The molecule has 0 spiro atoms. The molecule has 6 nitrogen and oxygen atoms in total. The van der Waals surface area contributed by atoms with Crippen LogP contribution in [0, 0.1) is 0 Å². The van der Waals surface area contributed by atoms with Crippen molar-refractivity contribution in [3.8, 4) is 5.75 Å². The largest absolute Gasteiger partial charge is 0.494 e. The molecule has 0 aliphatic carbocycles. The van der Waals surface area contributed by atoms with Crippen LogP contribution >= 0.6 is 0 Å². The highest BCUT2D eigenvalue weighted by Gasteiger charge is 2.34. The highest BCUT2D eigenvalue weighted by molar-refractivity contribution is 6.06. The van der Waals surface area contributed by atoms with E-state index in [0.717, 1.165) is 18.6 Å². The fraction of sp³-hybridized carbons (Fsp3) is 0.182. The van der Waals surface area contributed by atoms with Gasteiger partial charge in [0.05, 0.1) is 29.7 Å². The van der Waals surface area contributed by atoms with Gasteiger partial charge in [0.25, 0.3) is 11.8 Å². The lowest BCUT2D eigenvalue weighted by molar-refractivity contribution is -0.136. The Morgan fingerprint density at radius 3 is 2.45 bits per heavy atom. The number of nitrogens with one attached hydrogen (secondary N) is 2. The van der Waals surface area contributed by atoms with Gasteiger partial charge in [-0.05, 0) is 48.9 Å². The number of benzene rings is 2. The summed E-state index contributed by atoms with van der Waals surface area (Å²) in [6, 6.07) is 10.7. The average molecular weight is 432 g/mol. The zero-order valence-corrected chi connectivity index (χ0v) is 16.5. The van der Waals surface area contributed by atoms with Crippen molar-refractivity contribution in [2.24, 2.45) is 0 Å². The molecule has 31 heavy (non-hydrogen) atoms. The van der Waals surface area contributed by atoms with Gasteiger partial charge in [-0.3, -0.25) is 9.59 Å². The summed E-state index contributed by atoms with van der Waals surface area (Å²) in [5.74, 6) is -0.895. The number of halogens is 3. The molecule has 3 aromatic rings. The van der Waals surface area contributed by atoms with Gasteiger partial charge in [-0.15, -0.1) is 0 Å². The van der Waals surface area contributed by atoms with E-state index in [9.17, 15) is 22.8 Å². The van der Waals surface area contributed by atoms with Crippen LogP contribution < -0.4 is 15.4 Å². The second kappa shape index (κ2) is 9.38. The molecule has 0 aliphatic rings. The standard InChI is InChI=1S/C22H19F3N2O4/c1-2-9-31-17-5-3-4-14(11-17)20(28)27-19-7-6-16(12-18(19)22(23,24)25)26-21(29)15-8-10-30-13-15/h3-8,10-13H,2,9H2,1H3,(H,26,29)(H,27,28). The summed E-state index contributed by atoms with van der Waals surface area (Å²) in [7, 11) is 0. The van der Waals surface area contributed by atoms with Crippen molar-refractivity contribution < 1.29 is 31.9 Å². The average Bonchev–Trinajstić information content (AvgIpc) is 3.28. The second-order valence-electron chi connectivity index (χ2n) is 6.55. The predicted octanol–water partition coefficient (Wildman–Crippen LogP) is 5.59. The number of anilines is 2. The van der Waals surface area contributed by atoms with E-state index in [4.69, 9.17) is 9.15 Å². The second-order valence-corrected chi connectivity index (χ2v) is 6.55. The van der Waals surface area contributed by atoms with Crippen LogP contribution in [-0.4, -0.2) is 18.4 Å². The van der Waals surface area contributed by atoms with Crippen LogP contribution in [0.3, 0.4) is 0 Å². The summed E-state index contributed by atoms with van der Waals surface area (Å²) < 4.78 is 51.0. The Balaban J connectivity index is 1.82. The van der Waals surface area contributed by atoms with E-state index in [-0.39, 0.29) is 16.8 Å². The Hall–Kier alpha value is -3.75. The summed E-state index contributed by atoms with van der Waals surface area (Å²) in [6.45, 7) is 2.38. The van der Waals surface area contributed by atoms with Gasteiger partial charge < -0.3 is 19.8 Å². The fourth-order valence-electron chi connectivity index (χ4n) is 2.70. The number of alkyl halides is 3. The Morgan fingerprint density at radius 2 is 1.77 bits per heavy atom. The molecule has 2 N–H and O–H groups in total. The van der Waals surface area contributed by atoms with Crippen molar-refractivity contribution in [1.82, 2.24) is 0 Å². The van der Waals surface area contributed by atoms with E-state index >= 15 is 0 Å². The van der Waals surface area contributed by atoms with Crippen LogP contribution in [0.15, 0.2) is 65.5 Å². The van der Waals surface area contributed by atoms with Gasteiger partial charge in [0, 0.05) is 11.3 Å². The van der Waals surface area contributed by atoms with Crippen LogP contribution in [0.25, 0.3) is 0 Å². The van der Waals surface area contributed by atoms with E-state index in [1.165, 1.54) is 36.8 Å². The summed E-state index contributed by atoms with van der Waals surface area (Å²) in [6.07, 6.45) is -1.54. The van der Waals surface area contributed by atoms with Crippen molar-refractivity contribution in [3.05, 3.63) is 77.7 Å². The minimum atomic E-state index is -4.76. The number of rotatable bonds is 7. The molecule has 1 heterocycles. The maximum absolute atomic E-state index is 13.6. The first-order valence-corrected chi connectivity index (χ1v) is 9.37. The number of ether oxygens (including phenoxy) is 1. The summed E-state index contributed by atoms with van der Waals surface area (Å²) in [4.78, 5) is 24.6. The van der Waals surface area contributed by atoms with Crippen molar-refractivity contribution in [3.63, 3.8) is 0 Å². The molecule has 0 bridgehead atoms. The molecule has 0 aliphatic heterocycles. The maximum atomic E-state index is 13.6. The molecule has 162 valence electrons. The Kier molecular flexibility index (Phi) is 6.64. The normalized spacial score (nSPS) is 11.1. The fourth-order valence-corrected chi connectivity index (χ4v) is 2.70. The Morgan fingerprint density at radius 1 is 1.00 bits per heavy atom. The van der Waals surface area contributed by atoms with Gasteiger partial charge in [0.1, 0.15) is 12.0 Å². The molecule has 0 saturated heterocycles. The van der Waals surface area contributed by atoms with Crippen molar-refractivity contribution in [2.75, 3.05) is 17.2 Å². The van der Waals surface area contributed by atoms with E-state index in [1.54, 1.807) is 12.1 Å². The first-order valence-electron chi connectivity index (χ1n) is 9.37. The zero-order chi connectivity index (χ0) is 22.4. The Labute approximate surface area is 176 Å². The van der Waals surface area contributed by atoms with E-state index in [1.807, 2.05) is 6.92 Å². The highest BCUT2D eigenvalue weighted by atomic mass is 19.4. The van der Waals surface area contributed by atoms with Crippen LogP contribution in [-0.2, 0) is 6.18 Å². The molecule has 0 atom stereocenters. The molecule has 3 rings (SSSR count). The molecule has 0 saturated carbocycles. The Bertz CT molecular complexity index is 1060. The molecule has 0 radical (unpaired) electrons. The lowest BCUT2D eigenvalue weighted by Crippen LogP contribution is -2.18. The van der Waals surface area contributed by atoms with Crippen LogP contribution in [0.1, 0.15) is 39.6 Å². The molecule has 0 unspecified atom stereocenters. The topological polar surface area (TPSA) is 80.6 Å². The third kappa shape index (κ3) is 5.65. The van der Waals surface area contributed by atoms with Crippen LogP contribution in [0.4, 0.5) is 24.5 Å². The number of carbonyl (C=O) groups is 2. The number of carbonyl (C=O) groups excluding carboxylic acids is 2. The summed E-state index contributed by atoms with van der Waals surface area (Å²) >= 11 is 0. The van der Waals surface area contributed by atoms with E-state index in [0.29, 0.717) is 12.4 Å².